The van der Waals surface area contributed by atoms with E-state index in [4.69, 9.17) is 25.0 Å². The van der Waals surface area contributed by atoms with E-state index in [0.29, 0.717) is 11.0 Å². The summed E-state index contributed by atoms with van der Waals surface area (Å²) in [6.45, 7) is 1.19. The summed E-state index contributed by atoms with van der Waals surface area (Å²) in [6.07, 6.45) is -3.23. The van der Waals surface area contributed by atoms with Crippen molar-refractivity contribution in [3.05, 3.63) is 18.6 Å². The van der Waals surface area contributed by atoms with Gasteiger partial charge in [-0.1, -0.05) is 0 Å². The van der Waals surface area contributed by atoms with Gasteiger partial charge in [-0.25, -0.2) is 14.4 Å². The third kappa shape index (κ3) is 2.90. The van der Waals surface area contributed by atoms with Gasteiger partial charge in [0.2, 0.25) is 0 Å². The fourth-order valence-electron chi connectivity index (χ4n) is 2.57. The van der Waals surface area contributed by atoms with Crippen molar-refractivity contribution in [2.45, 2.75) is 31.2 Å². The van der Waals surface area contributed by atoms with Gasteiger partial charge in [-0.05, 0) is 13.0 Å². The normalized spacial score (nSPS) is 31.0. The number of halogens is 1. The van der Waals surface area contributed by atoms with Crippen molar-refractivity contribution >= 4 is 24.4 Å². The molecule has 0 radical (unpaired) electrons. The van der Waals surface area contributed by atoms with E-state index in [-0.39, 0.29) is 5.82 Å². The lowest BCUT2D eigenvalue weighted by Crippen LogP contribution is -2.41. The molecule has 0 spiro atoms. The van der Waals surface area contributed by atoms with Crippen LogP contribution >= 0.6 is 7.60 Å². The number of nitrogen functional groups attached to an aromatic ring is 1. The molecule has 10 nitrogen and oxygen atoms in total. The Morgan fingerprint density at radius 2 is 2.25 bits per heavy atom. The van der Waals surface area contributed by atoms with Crippen LogP contribution in [0.4, 0.5) is 10.2 Å². The molecule has 1 fully saturated rings. The monoisotopic (exact) mass is 362 g/mol. The Labute approximate surface area is 135 Å². The van der Waals surface area contributed by atoms with E-state index in [1.54, 1.807) is 6.07 Å². The van der Waals surface area contributed by atoms with Crippen LogP contribution in [0.25, 0.3) is 11.0 Å². The molecule has 132 valence electrons. The molecule has 0 bridgehead atoms. The summed E-state index contributed by atoms with van der Waals surface area (Å²) in [5, 5.41) is 10.9. The fourth-order valence-corrected chi connectivity index (χ4v) is 2.91. The molecule has 3 rings (SSSR count). The molecule has 2 aromatic rings. The maximum absolute atomic E-state index is 14.4. The molecule has 0 aromatic carbocycles. The molecular weight excluding hydrogens is 346 g/mol. The predicted octanol–water partition coefficient (Wildman–Crippen LogP) is 0.109. The van der Waals surface area contributed by atoms with Crippen LogP contribution in [0.2, 0.25) is 0 Å². The number of anilines is 1. The van der Waals surface area contributed by atoms with Crippen molar-refractivity contribution in [2.75, 3.05) is 12.1 Å². The predicted molar refractivity (Wildman–Crippen MR) is 79.4 cm³/mol. The topological polar surface area (TPSA) is 153 Å². The summed E-state index contributed by atoms with van der Waals surface area (Å²) >= 11 is 0. The van der Waals surface area contributed by atoms with Crippen molar-refractivity contribution < 1.29 is 33.3 Å². The molecule has 12 heteroatoms. The lowest BCUT2D eigenvalue weighted by atomic mass is 10.0. The zero-order chi connectivity index (χ0) is 17.7. The lowest BCUT2D eigenvalue weighted by Gasteiger charge is -2.26. The van der Waals surface area contributed by atoms with E-state index in [1.807, 2.05) is 0 Å². The summed E-state index contributed by atoms with van der Waals surface area (Å²) in [5.41, 5.74) is 4.03. The number of aliphatic hydroxyl groups is 1. The average molecular weight is 362 g/mol. The Balaban J connectivity index is 1.92. The largest absolute Gasteiger partial charge is 0.383 e. The third-order valence-electron chi connectivity index (χ3n) is 3.76. The maximum atomic E-state index is 14.4. The minimum Gasteiger partial charge on any atom is -0.383 e. The minimum atomic E-state index is -4.51. The number of hydrogen-bond donors (Lipinski definition) is 4. The van der Waals surface area contributed by atoms with Gasteiger partial charge in [0, 0.05) is 6.20 Å². The van der Waals surface area contributed by atoms with Crippen molar-refractivity contribution in [1.29, 1.82) is 0 Å². The van der Waals surface area contributed by atoms with Gasteiger partial charge in [0.15, 0.2) is 25.0 Å². The summed E-state index contributed by atoms with van der Waals surface area (Å²) in [7, 11) is -4.51. The zero-order valence-corrected chi connectivity index (χ0v) is 13.4. The maximum Gasteiger partial charge on any atom is 0.351 e. The summed E-state index contributed by atoms with van der Waals surface area (Å²) in [4.78, 5) is 25.5. The van der Waals surface area contributed by atoms with Crippen LogP contribution in [0.3, 0.4) is 0 Å². The number of nitrogens with two attached hydrogens (primary N) is 1. The fraction of sp³-hybridized carbons (Fsp3) is 0.500. The summed E-state index contributed by atoms with van der Waals surface area (Å²) in [6, 6.07) is 1.58. The van der Waals surface area contributed by atoms with Gasteiger partial charge in [-0.3, -0.25) is 4.57 Å². The van der Waals surface area contributed by atoms with Gasteiger partial charge in [0.25, 0.3) is 0 Å². The number of aromatic nitrogens is 3. The van der Waals surface area contributed by atoms with Crippen molar-refractivity contribution in [2.24, 2.45) is 0 Å². The Morgan fingerprint density at radius 1 is 1.54 bits per heavy atom. The van der Waals surface area contributed by atoms with Gasteiger partial charge in [0.05, 0.1) is 5.39 Å². The first-order chi connectivity index (χ1) is 11.1. The highest BCUT2D eigenvalue weighted by Gasteiger charge is 2.55. The molecule has 3 heterocycles. The Kier molecular flexibility index (Phi) is 4.11. The summed E-state index contributed by atoms with van der Waals surface area (Å²) in [5.74, 6) is 0.211. The average Bonchev–Trinajstić information content (AvgIpc) is 2.99. The van der Waals surface area contributed by atoms with Crippen LogP contribution in [-0.2, 0) is 14.0 Å². The minimum absolute atomic E-state index is 0.211. The van der Waals surface area contributed by atoms with Gasteiger partial charge in [-0.2, -0.15) is 0 Å². The number of ether oxygens (including phenoxy) is 2. The van der Waals surface area contributed by atoms with E-state index >= 15 is 0 Å². The van der Waals surface area contributed by atoms with Crippen molar-refractivity contribution in [3.63, 3.8) is 0 Å². The quantitative estimate of drug-likeness (QED) is 0.555. The highest BCUT2D eigenvalue weighted by Crippen LogP contribution is 2.44. The second-order valence-corrected chi connectivity index (χ2v) is 7.25. The SMILES string of the molecule is C[C@@]1(O)C(F)[C@@H](OCP(=O)(O)O)O[C@H]1n1ccc2c(N)ncnc21. The molecule has 0 saturated carbocycles. The highest BCUT2D eigenvalue weighted by atomic mass is 31.2. The molecule has 1 aliphatic rings. The third-order valence-corrected chi connectivity index (χ3v) is 4.25. The molecule has 4 atom stereocenters. The molecule has 2 aromatic heterocycles. The molecule has 0 aliphatic carbocycles. The van der Waals surface area contributed by atoms with Gasteiger partial charge in [-0.15, -0.1) is 0 Å². The Morgan fingerprint density at radius 3 is 2.92 bits per heavy atom. The van der Waals surface area contributed by atoms with E-state index < -0.39 is 38.2 Å². The number of nitrogens with zero attached hydrogens (tertiary/aromatic N) is 3. The Hall–Kier alpha value is -1.62. The summed E-state index contributed by atoms with van der Waals surface area (Å²) < 4.78 is 36.8. The smallest absolute Gasteiger partial charge is 0.351 e. The number of hydrogen-bond acceptors (Lipinski definition) is 7. The molecule has 0 amide bonds. The molecule has 24 heavy (non-hydrogen) atoms. The van der Waals surface area contributed by atoms with Gasteiger partial charge >= 0.3 is 7.60 Å². The first kappa shape index (κ1) is 17.2. The van der Waals surface area contributed by atoms with Crippen LogP contribution in [0.5, 0.6) is 0 Å². The van der Waals surface area contributed by atoms with Crippen LogP contribution in [-0.4, -0.2) is 53.8 Å². The van der Waals surface area contributed by atoms with Crippen LogP contribution in [0.1, 0.15) is 13.2 Å². The standard InChI is InChI=1S/C12H16FN4O6P/c1-12(18)7(13)10(22-5-24(19,20)21)23-11(12)17-3-2-6-8(14)15-4-16-9(6)17/h2-4,7,10-11,18H,5H2,1H3,(H2,14,15,16)(H2,19,20,21)/t7?,10-,11+,12+/m0/s1. The van der Waals surface area contributed by atoms with Crippen LogP contribution in [0.15, 0.2) is 18.6 Å². The number of rotatable bonds is 4. The van der Waals surface area contributed by atoms with Crippen LogP contribution < -0.4 is 5.73 Å². The van der Waals surface area contributed by atoms with Crippen LogP contribution in [0, 0.1) is 0 Å². The molecule has 5 N–H and O–H groups in total. The van der Waals surface area contributed by atoms with E-state index in [1.165, 1.54) is 24.0 Å². The zero-order valence-electron chi connectivity index (χ0n) is 12.5. The van der Waals surface area contributed by atoms with Crippen molar-refractivity contribution in [1.82, 2.24) is 14.5 Å². The number of fused-ring (bicyclic) bond motifs is 1. The second-order valence-electron chi connectivity index (χ2n) is 5.66. The highest BCUT2D eigenvalue weighted by molar-refractivity contribution is 7.51. The second kappa shape index (κ2) is 5.73. The van der Waals surface area contributed by atoms with E-state index in [2.05, 4.69) is 9.97 Å². The van der Waals surface area contributed by atoms with Gasteiger partial charge in [0.1, 0.15) is 23.4 Å². The lowest BCUT2D eigenvalue weighted by molar-refractivity contribution is -0.160. The van der Waals surface area contributed by atoms with Crippen molar-refractivity contribution in [3.8, 4) is 0 Å². The van der Waals surface area contributed by atoms with E-state index in [9.17, 15) is 14.1 Å². The number of alkyl halides is 1. The Bertz CT molecular complexity index is 808. The molecule has 1 aliphatic heterocycles. The van der Waals surface area contributed by atoms with E-state index in [0.717, 1.165) is 0 Å². The molecular formula is C12H16FN4O6P. The first-order valence-electron chi connectivity index (χ1n) is 6.86. The van der Waals surface area contributed by atoms with Gasteiger partial charge < -0.3 is 34.7 Å². The first-order valence-corrected chi connectivity index (χ1v) is 8.66. The molecule has 1 unspecified atom stereocenters. The molecule has 1 saturated heterocycles.